The molecule has 6 nitrogen and oxygen atoms in total. The van der Waals surface area contributed by atoms with Gasteiger partial charge in [-0.1, -0.05) is 0 Å². The highest BCUT2D eigenvalue weighted by Crippen LogP contribution is 2.27. The summed E-state index contributed by atoms with van der Waals surface area (Å²) in [7, 11) is 3.76. The van der Waals surface area contributed by atoms with Gasteiger partial charge in [0.1, 0.15) is 10.8 Å². The van der Waals surface area contributed by atoms with E-state index in [0.717, 1.165) is 16.5 Å². The maximum atomic E-state index is 5.73. The summed E-state index contributed by atoms with van der Waals surface area (Å²) in [5.74, 6) is 3.04. The lowest BCUT2D eigenvalue weighted by Crippen LogP contribution is -2.15. The van der Waals surface area contributed by atoms with Crippen molar-refractivity contribution in [3.63, 3.8) is 0 Å². The Labute approximate surface area is 146 Å². The van der Waals surface area contributed by atoms with Crippen molar-refractivity contribution in [3.05, 3.63) is 33.7 Å². The van der Waals surface area contributed by atoms with E-state index in [0.29, 0.717) is 17.5 Å². The summed E-state index contributed by atoms with van der Waals surface area (Å²) in [4.78, 5) is 19.2. The molecule has 0 bridgehead atoms. The van der Waals surface area contributed by atoms with Crippen LogP contribution in [0, 0.1) is 0 Å². The zero-order valence-corrected chi connectivity index (χ0v) is 15.2. The average Bonchev–Trinajstić information content (AvgIpc) is 3.17. The van der Waals surface area contributed by atoms with Crippen molar-refractivity contribution in [2.75, 3.05) is 24.7 Å². The van der Waals surface area contributed by atoms with Crippen molar-refractivity contribution in [1.29, 1.82) is 0 Å². The fraction of sp³-hybridized carbons (Fsp3) is 0.286. The van der Waals surface area contributed by atoms with E-state index in [4.69, 9.17) is 5.73 Å². The molecular weight excluding hydrogens is 348 g/mol. The highest BCUT2D eigenvalue weighted by Gasteiger charge is 2.08. The molecule has 2 N–H and O–H groups in total. The molecule has 0 aromatic carbocycles. The van der Waals surface area contributed by atoms with Crippen LogP contribution in [-0.2, 0) is 11.5 Å². The molecule has 3 aromatic heterocycles. The van der Waals surface area contributed by atoms with Gasteiger partial charge >= 0.3 is 0 Å². The second-order valence-electron chi connectivity index (χ2n) is 4.95. The lowest BCUT2D eigenvalue weighted by Gasteiger charge is -2.11. The lowest BCUT2D eigenvalue weighted by atomic mass is 10.4. The fourth-order valence-corrected chi connectivity index (χ4v) is 4.24. The van der Waals surface area contributed by atoms with Gasteiger partial charge in [0, 0.05) is 36.2 Å². The van der Waals surface area contributed by atoms with Crippen LogP contribution in [0.15, 0.2) is 22.2 Å². The fourth-order valence-electron chi connectivity index (χ4n) is 1.83. The van der Waals surface area contributed by atoms with E-state index >= 15 is 0 Å². The number of hydrogen-bond donors (Lipinski definition) is 1. The summed E-state index contributed by atoms with van der Waals surface area (Å²) >= 11 is 5.08. The summed E-state index contributed by atoms with van der Waals surface area (Å²) in [5, 5.41) is 7.36. The maximum absolute atomic E-state index is 5.73. The number of hydrogen-bond acceptors (Lipinski definition) is 9. The van der Waals surface area contributed by atoms with E-state index in [1.165, 1.54) is 5.56 Å². The van der Waals surface area contributed by atoms with Crippen LogP contribution in [0.3, 0.4) is 0 Å². The Morgan fingerprint density at radius 3 is 2.74 bits per heavy atom. The highest BCUT2D eigenvalue weighted by atomic mass is 32.2. The Balaban J connectivity index is 1.59. The largest absolute Gasteiger partial charge is 0.368 e. The maximum Gasteiger partial charge on any atom is 0.229 e. The third kappa shape index (κ3) is 4.18. The van der Waals surface area contributed by atoms with Crippen molar-refractivity contribution >= 4 is 46.3 Å². The molecule has 23 heavy (non-hydrogen) atoms. The Morgan fingerprint density at radius 2 is 2.00 bits per heavy atom. The second kappa shape index (κ2) is 7.24. The number of thiophene rings is 1. The summed E-state index contributed by atoms with van der Waals surface area (Å²) in [6.45, 7) is 0. The molecule has 0 spiro atoms. The first-order chi connectivity index (χ1) is 11.1. The molecule has 0 aliphatic rings. The van der Waals surface area contributed by atoms with E-state index in [1.807, 2.05) is 19.0 Å². The summed E-state index contributed by atoms with van der Waals surface area (Å²) in [5.41, 5.74) is 8.00. The number of aromatic nitrogens is 4. The molecule has 120 valence electrons. The monoisotopic (exact) mass is 364 g/mol. The number of nitrogens with zero attached hydrogens (tertiary/aromatic N) is 5. The van der Waals surface area contributed by atoms with Crippen LogP contribution in [0.1, 0.15) is 11.5 Å². The zero-order valence-electron chi connectivity index (χ0n) is 12.8. The predicted octanol–water partition coefficient (Wildman–Crippen LogP) is 3.14. The predicted molar refractivity (Wildman–Crippen MR) is 99.0 cm³/mol. The van der Waals surface area contributed by atoms with Crippen molar-refractivity contribution in [2.24, 2.45) is 0 Å². The number of thioether (sulfide) groups is 1. The average molecular weight is 365 g/mol. The second-order valence-corrected chi connectivity index (χ2v) is 7.58. The molecule has 0 amide bonds. The topological polar surface area (TPSA) is 80.8 Å². The number of thiazole rings is 1. The molecule has 9 heteroatoms. The van der Waals surface area contributed by atoms with E-state index < -0.39 is 0 Å². The zero-order chi connectivity index (χ0) is 16.2. The molecule has 3 heterocycles. The molecule has 0 saturated carbocycles. The standard InChI is InChI=1S/C14H16N6S3/c1-20(2)14-18-11(17-13(15)19-14)8-22-6-10-7-23-12(16-10)9-3-4-21-5-9/h3-5,7H,6,8H2,1-2H3,(H2,15,17,18,19). The van der Waals surface area contributed by atoms with E-state index in [1.54, 1.807) is 34.4 Å². The molecule has 0 unspecified atom stereocenters. The van der Waals surface area contributed by atoms with Crippen LogP contribution in [0.2, 0.25) is 0 Å². The number of nitrogen functional groups attached to an aromatic ring is 1. The minimum atomic E-state index is 0.257. The molecule has 0 fully saturated rings. The van der Waals surface area contributed by atoms with Crippen molar-refractivity contribution in [3.8, 4) is 10.6 Å². The van der Waals surface area contributed by atoms with Gasteiger partial charge in [0.05, 0.1) is 11.4 Å². The third-order valence-electron chi connectivity index (χ3n) is 2.89. The van der Waals surface area contributed by atoms with Crippen molar-refractivity contribution in [2.45, 2.75) is 11.5 Å². The van der Waals surface area contributed by atoms with Crippen LogP contribution >= 0.6 is 34.4 Å². The minimum Gasteiger partial charge on any atom is -0.368 e. The van der Waals surface area contributed by atoms with E-state index in [2.05, 4.69) is 42.1 Å². The smallest absolute Gasteiger partial charge is 0.229 e. The lowest BCUT2D eigenvalue weighted by molar-refractivity contribution is 0.919. The van der Waals surface area contributed by atoms with Crippen LogP contribution in [0.5, 0.6) is 0 Å². The van der Waals surface area contributed by atoms with Crippen LogP contribution in [0.25, 0.3) is 10.6 Å². The first-order valence-electron chi connectivity index (χ1n) is 6.84. The molecule has 3 rings (SSSR count). The first kappa shape index (κ1) is 16.2. The highest BCUT2D eigenvalue weighted by molar-refractivity contribution is 7.97. The van der Waals surface area contributed by atoms with Gasteiger partial charge in [-0.15, -0.1) is 23.1 Å². The van der Waals surface area contributed by atoms with Gasteiger partial charge in [0.2, 0.25) is 11.9 Å². The molecular formula is C14H16N6S3. The SMILES string of the molecule is CN(C)c1nc(N)nc(CSCc2csc(-c3ccsc3)n2)n1. The van der Waals surface area contributed by atoms with E-state index in [-0.39, 0.29) is 5.95 Å². The van der Waals surface area contributed by atoms with Crippen LogP contribution < -0.4 is 10.6 Å². The van der Waals surface area contributed by atoms with Gasteiger partial charge in [-0.25, -0.2) is 4.98 Å². The van der Waals surface area contributed by atoms with Gasteiger partial charge in [-0.3, -0.25) is 0 Å². The number of nitrogens with two attached hydrogens (primary N) is 1. The molecule has 0 aliphatic carbocycles. The molecule has 0 atom stereocenters. The summed E-state index contributed by atoms with van der Waals surface area (Å²) in [6.07, 6.45) is 0. The van der Waals surface area contributed by atoms with Gasteiger partial charge in [-0.05, 0) is 11.4 Å². The van der Waals surface area contributed by atoms with Crippen molar-refractivity contribution in [1.82, 2.24) is 19.9 Å². The molecule has 0 radical (unpaired) electrons. The molecule has 0 saturated heterocycles. The number of anilines is 2. The van der Waals surface area contributed by atoms with Gasteiger partial charge < -0.3 is 10.6 Å². The Hall–Kier alpha value is -1.71. The van der Waals surface area contributed by atoms with Crippen molar-refractivity contribution < 1.29 is 0 Å². The Kier molecular flexibility index (Phi) is 5.09. The molecule has 3 aromatic rings. The van der Waals surface area contributed by atoms with Gasteiger partial charge in [-0.2, -0.15) is 26.3 Å². The quantitative estimate of drug-likeness (QED) is 0.719. The third-order valence-corrected chi connectivity index (χ3v) is 5.47. The normalized spacial score (nSPS) is 10.9. The Bertz CT molecular complexity index is 769. The Morgan fingerprint density at radius 1 is 1.13 bits per heavy atom. The summed E-state index contributed by atoms with van der Waals surface area (Å²) < 4.78 is 0. The van der Waals surface area contributed by atoms with E-state index in [9.17, 15) is 0 Å². The van der Waals surface area contributed by atoms with Gasteiger partial charge in [0.25, 0.3) is 0 Å². The summed E-state index contributed by atoms with van der Waals surface area (Å²) in [6, 6.07) is 2.09. The number of rotatable bonds is 6. The van der Waals surface area contributed by atoms with Crippen LogP contribution in [-0.4, -0.2) is 34.0 Å². The minimum absolute atomic E-state index is 0.257. The van der Waals surface area contributed by atoms with Gasteiger partial charge in [0.15, 0.2) is 0 Å². The first-order valence-corrected chi connectivity index (χ1v) is 9.82. The molecule has 0 aliphatic heterocycles. The van der Waals surface area contributed by atoms with Crippen LogP contribution in [0.4, 0.5) is 11.9 Å².